The number of imidazole rings is 1. The van der Waals surface area contributed by atoms with E-state index < -0.39 is 10.0 Å². The lowest BCUT2D eigenvalue weighted by molar-refractivity contribution is 0.134. The molecule has 2 heterocycles. The minimum Gasteiger partial charge on any atom is -0.390 e. The Morgan fingerprint density at radius 3 is 2.55 bits per heavy atom. The van der Waals surface area contributed by atoms with Crippen molar-refractivity contribution in [3.63, 3.8) is 0 Å². The molecule has 2 N–H and O–H groups in total. The molecule has 0 amide bonds. The van der Waals surface area contributed by atoms with E-state index in [0.29, 0.717) is 31.1 Å². The third-order valence-electron chi connectivity index (χ3n) is 6.65. The molecule has 0 bridgehead atoms. The monoisotopic (exact) mass is 586 g/mol. The first-order valence-electron chi connectivity index (χ1n) is 13.3. The van der Waals surface area contributed by atoms with E-state index in [1.165, 1.54) is 0 Å². The standard InChI is InChI=1S/C29H35ClN4O5S/c1-5-10-27-31-24(6-2)25(17-35)34(27)16-20-13-14-22(21(15-20)18-38-7-3)23-11-8-9-12-26(23)40(36,37)33-29-28(30)19(4)39-32-29/h8-9,11-15,35H,5-7,10,16-18H2,1-4H3,(H,32,33). The van der Waals surface area contributed by atoms with Crippen molar-refractivity contribution in [1.29, 1.82) is 0 Å². The lowest BCUT2D eigenvalue weighted by Crippen LogP contribution is -2.15. The zero-order valence-electron chi connectivity index (χ0n) is 23.2. The summed E-state index contributed by atoms with van der Waals surface area (Å²) < 4.78 is 42.3. The molecule has 0 unspecified atom stereocenters. The number of aryl methyl sites for hydroxylation is 3. The van der Waals surface area contributed by atoms with Gasteiger partial charge in [-0.25, -0.2) is 13.4 Å². The largest absolute Gasteiger partial charge is 0.390 e. The second-order valence-electron chi connectivity index (χ2n) is 9.40. The maximum atomic E-state index is 13.5. The van der Waals surface area contributed by atoms with Gasteiger partial charge >= 0.3 is 0 Å². The molecule has 0 aliphatic carbocycles. The summed E-state index contributed by atoms with van der Waals surface area (Å²) >= 11 is 6.17. The Bertz CT molecular complexity index is 1580. The number of ether oxygens (including phenoxy) is 1. The number of halogens is 1. The molecular formula is C29H35ClN4O5S. The predicted molar refractivity (Wildman–Crippen MR) is 155 cm³/mol. The highest BCUT2D eigenvalue weighted by molar-refractivity contribution is 7.92. The number of sulfonamides is 1. The van der Waals surface area contributed by atoms with E-state index in [-0.39, 0.29) is 22.3 Å². The average molecular weight is 587 g/mol. The van der Waals surface area contributed by atoms with Crippen LogP contribution < -0.4 is 4.72 Å². The molecule has 4 rings (SSSR count). The van der Waals surface area contributed by atoms with Crippen LogP contribution in [0.3, 0.4) is 0 Å². The summed E-state index contributed by atoms with van der Waals surface area (Å²) in [4.78, 5) is 4.86. The van der Waals surface area contributed by atoms with Gasteiger partial charge in [0, 0.05) is 25.1 Å². The number of aliphatic hydroxyl groups is 1. The summed E-state index contributed by atoms with van der Waals surface area (Å²) in [5, 5.41) is 14.0. The number of aliphatic hydroxyl groups excluding tert-OH is 1. The first-order valence-corrected chi connectivity index (χ1v) is 15.2. The normalized spacial score (nSPS) is 11.8. The van der Waals surface area contributed by atoms with Crippen LogP contribution in [0.15, 0.2) is 51.9 Å². The summed E-state index contributed by atoms with van der Waals surface area (Å²) in [5.74, 6) is 1.20. The fourth-order valence-corrected chi connectivity index (χ4v) is 6.11. The van der Waals surface area contributed by atoms with Crippen molar-refractivity contribution in [3.8, 4) is 11.1 Å². The number of benzene rings is 2. The van der Waals surface area contributed by atoms with E-state index in [1.807, 2.05) is 32.0 Å². The Hall–Kier alpha value is -3.18. The highest BCUT2D eigenvalue weighted by atomic mass is 35.5. The van der Waals surface area contributed by atoms with Gasteiger partial charge in [-0.05, 0) is 49.4 Å². The van der Waals surface area contributed by atoms with Crippen LogP contribution in [0.1, 0.15) is 61.3 Å². The molecule has 11 heteroatoms. The van der Waals surface area contributed by atoms with Gasteiger partial charge in [0.1, 0.15) is 10.8 Å². The van der Waals surface area contributed by atoms with Gasteiger partial charge in [0.2, 0.25) is 5.82 Å². The van der Waals surface area contributed by atoms with Crippen molar-refractivity contribution >= 4 is 27.4 Å². The van der Waals surface area contributed by atoms with Crippen LogP contribution in [0.25, 0.3) is 11.1 Å². The van der Waals surface area contributed by atoms with Crippen molar-refractivity contribution in [2.24, 2.45) is 0 Å². The topological polar surface area (TPSA) is 119 Å². The van der Waals surface area contributed by atoms with E-state index >= 15 is 0 Å². The Balaban J connectivity index is 1.76. The Labute approximate surface area is 240 Å². The van der Waals surface area contributed by atoms with Crippen LogP contribution in [0, 0.1) is 6.92 Å². The molecule has 0 saturated carbocycles. The van der Waals surface area contributed by atoms with Crippen LogP contribution in [-0.4, -0.2) is 34.8 Å². The highest BCUT2D eigenvalue weighted by Crippen LogP contribution is 2.34. The fraction of sp³-hybridized carbons (Fsp3) is 0.379. The second-order valence-corrected chi connectivity index (χ2v) is 11.4. The maximum Gasteiger partial charge on any atom is 0.263 e. The molecule has 0 spiro atoms. The molecule has 0 aliphatic heterocycles. The summed E-state index contributed by atoms with van der Waals surface area (Å²) in [6, 6.07) is 12.7. The molecule has 0 saturated heterocycles. The summed E-state index contributed by atoms with van der Waals surface area (Å²) in [6.07, 6.45) is 2.49. The summed E-state index contributed by atoms with van der Waals surface area (Å²) in [7, 11) is -4.06. The molecule has 0 atom stereocenters. The van der Waals surface area contributed by atoms with E-state index in [2.05, 4.69) is 21.4 Å². The average Bonchev–Trinajstić information content (AvgIpc) is 3.45. The fourth-order valence-electron chi connectivity index (χ4n) is 4.71. The third kappa shape index (κ3) is 6.25. The van der Waals surface area contributed by atoms with E-state index in [4.69, 9.17) is 25.8 Å². The van der Waals surface area contributed by atoms with Crippen LogP contribution in [0.5, 0.6) is 0 Å². The first kappa shape index (κ1) is 29.8. The smallest absolute Gasteiger partial charge is 0.263 e. The molecule has 40 heavy (non-hydrogen) atoms. The number of hydrogen-bond donors (Lipinski definition) is 2. The van der Waals surface area contributed by atoms with Crippen LogP contribution in [0.4, 0.5) is 5.82 Å². The zero-order valence-corrected chi connectivity index (χ0v) is 24.8. The molecule has 2 aromatic carbocycles. The third-order valence-corrected chi connectivity index (χ3v) is 8.50. The number of anilines is 1. The first-order chi connectivity index (χ1) is 19.2. The van der Waals surface area contributed by atoms with Gasteiger partial charge in [0.15, 0.2) is 5.76 Å². The number of nitrogens with zero attached hydrogens (tertiary/aromatic N) is 3. The van der Waals surface area contributed by atoms with Crippen LogP contribution in [0.2, 0.25) is 5.02 Å². The number of rotatable bonds is 13. The van der Waals surface area contributed by atoms with Gasteiger partial charge in [0.05, 0.1) is 29.5 Å². The van der Waals surface area contributed by atoms with E-state index in [1.54, 1.807) is 31.2 Å². The predicted octanol–water partition coefficient (Wildman–Crippen LogP) is 5.89. The Morgan fingerprint density at radius 2 is 1.90 bits per heavy atom. The number of hydrogen-bond acceptors (Lipinski definition) is 7. The van der Waals surface area contributed by atoms with Gasteiger partial charge in [-0.15, -0.1) is 0 Å². The Morgan fingerprint density at radius 1 is 1.12 bits per heavy atom. The Kier molecular flexibility index (Phi) is 9.68. The molecule has 0 fully saturated rings. The number of aromatic nitrogens is 3. The zero-order chi connectivity index (χ0) is 28.9. The summed E-state index contributed by atoms with van der Waals surface area (Å²) in [6.45, 7) is 8.91. The molecule has 214 valence electrons. The van der Waals surface area contributed by atoms with Gasteiger partial charge in [-0.3, -0.25) is 4.72 Å². The lowest BCUT2D eigenvalue weighted by Gasteiger charge is -2.17. The van der Waals surface area contributed by atoms with Crippen molar-refractivity contribution < 1.29 is 22.8 Å². The lowest BCUT2D eigenvalue weighted by atomic mass is 9.97. The minimum absolute atomic E-state index is 0.0618. The van der Waals surface area contributed by atoms with Gasteiger partial charge in [-0.2, -0.15) is 0 Å². The maximum absolute atomic E-state index is 13.5. The number of nitrogens with one attached hydrogen (secondary N) is 1. The highest BCUT2D eigenvalue weighted by Gasteiger charge is 2.24. The van der Waals surface area contributed by atoms with Crippen LogP contribution in [-0.2, 0) is 47.4 Å². The SMILES string of the molecule is CCCc1nc(CC)c(CO)n1Cc1ccc(-c2ccccc2S(=O)(=O)Nc2noc(C)c2Cl)c(COCC)c1. The minimum atomic E-state index is -4.06. The molecule has 9 nitrogen and oxygen atoms in total. The van der Waals surface area contributed by atoms with Crippen molar-refractivity contribution in [2.45, 2.75) is 71.6 Å². The molecular weight excluding hydrogens is 552 g/mol. The van der Waals surface area contributed by atoms with E-state index in [9.17, 15) is 13.5 Å². The van der Waals surface area contributed by atoms with Crippen LogP contribution >= 0.6 is 11.6 Å². The second kappa shape index (κ2) is 13.0. The quantitative estimate of drug-likeness (QED) is 0.200. The van der Waals surface area contributed by atoms with Crippen molar-refractivity contribution in [2.75, 3.05) is 11.3 Å². The summed E-state index contributed by atoms with van der Waals surface area (Å²) in [5.41, 5.74) is 4.82. The molecule has 0 radical (unpaired) electrons. The molecule has 2 aromatic heterocycles. The van der Waals surface area contributed by atoms with Gasteiger partial charge in [-0.1, -0.05) is 67.0 Å². The molecule has 0 aliphatic rings. The van der Waals surface area contributed by atoms with Crippen molar-refractivity contribution in [3.05, 3.63) is 81.6 Å². The van der Waals surface area contributed by atoms with E-state index in [0.717, 1.165) is 53.2 Å². The van der Waals surface area contributed by atoms with Crippen molar-refractivity contribution in [1.82, 2.24) is 14.7 Å². The van der Waals surface area contributed by atoms with Gasteiger partial charge in [0.25, 0.3) is 10.0 Å². The van der Waals surface area contributed by atoms with Gasteiger partial charge < -0.3 is 18.9 Å². The molecule has 4 aromatic rings.